The third-order valence-electron chi connectivity index (χ3n) is 3.32. The predicted octanol–water partition coefficient (Wildman–Crippen LogP) is 5.63. The van der Waals surface area contributed by atoms with Crippen molar-refractivity contribution in [3.8, 4) is 17.5 Å². The summed E-state index contributed by atoms with van der Waals surface area (Å²) in [6.07, 6.45) is -1.75. The van der Waals surface area contributed by atoms with Crippen LogP contribution in [0.25, 0.3) is 0 Å². The van der Waals surface area contributed by atoms with E-state index in [0.717, 1.165) is 11.6 Å². The van der Waals surface area contributed by atoms with E-state index in [0.29, 0.717) is 4.47 Å². The van der Waals surface area contributed by atoms with Gasteiger partial charge in [-0.2, -0.15) is 13.2 Å². The molecule has 0 saturated heterocycles. The summed E-state index contributed by atoms with van der Waals surface area (Å²) in [5, 5.41) is 0. The summed E-state index contributed by atoms with van der Waals surface area (Å²) in [7, 11) is 0. The van der Waals surface area contributed by atoms with E-state index in [2.05, 4.69) is 25.9 Å². The van der Waals surface area contributed by atoms with E-state index in [4.69, 9.17) is 9.47 Å². The Labute approximate surface area is 155 Å². The highest BCUT2D eigenvalue weighted by molar-refractivity contribution is 9.10. The van der Waals surface area contributed by atoms with E-state index in [1.54, 1.807) is 30.3 Å². The number of hydrogen-bond donors (Lipinski definition) is 0. The molecule has 0 spiro atoms. The second-order valence-corrected chi connectivity index (χ2v) is 6.04. The molecule has 0 fully saturated rings. The first-order chi connectivity index (χ1) is 12.4. The number of ether oxygens (including phenoxy) is 2. The quantitative estimate of drug-likeness (QED) is 0.532. The van der Waals surface area contributed by atoms with Crippen LogP contribution in [0, 0.1) is 0 Å². The highest BCUT2D eigenvalue weighted by atomic mass is 79.9. The Bertz CT molecular complexity index is 875. The fourth-order valence-corrected chi connectivity index (χ4v) is 2.53. The van der Waals surface area contributed by atoms with Gasteiger partial charge in [-0.15, -0.1) is 0 Å². The first-order valence-electron chi connectivity index (χ1n) is 7.46. The van der Waals surface area contributed by atoms with E-state index in [-0.39, 0.29) is 24.1 Å². The molecule has 0 amide bonds. The van der Waals surface area contributed by atoms with Crippen LogP contribution < -0.4 is 9.47 Å². The summed E-state index contributed by atoms with van der Waals surface area (Å²) in [5.74, 6) is -0.356. The van der Waals surface area contributed by atoms with Gasteiger partial charge in [0.25, 0.3) is 0 Å². The number of benzene rings is 2. The highest BCUT2D eigenvalue weighted by Gasteiger charge is 2.36. The van der Waals surface area contributed by atoms with Gasteiger partial charge in [-0.1, -0.05) is 30.3 Å². The minimum absolute atomic E-state index is 0.0123. The Hall–Kier alpha value is -2.61. The van der Waals surface area contributed by atoms with Crippen molar-refractivity contribution in [3.05, 3.63) is 76.5 Å². The monoisotopic (exact) mass is 424 g/mol. The summed E-state index contributed by atoms with van der Waals surface area (Å²) in [6, 6.07) is 12.5. The van der Waals surface area contributed by atoms with Gasteiger partial charge in [-0.25, -0.2) is 9.97 Å². The number of rotatable bonds is 5. The normalized spacial score (nSPS) is 11.2. The average molecular weight is 425 g/mol. The van der Waals surface area contributed by atoms with Gasteiger partial charge in [0.2, 0.25) is 0 Å². The molecule has 0 radical (unpaired) electrons. The molecular formula is C18H12BrF3N2O2. The van der Waals surface area contributed by atoms with Gasteiger partial charge in [0.05, 0.1) is 4.47 Å². The van der Waals surface area contributed by atoms with Crippen LogP contribution in [0.2, 0.25) is 0 Å². The molecule has 0 unspecified atom stereocenters. The smallest absolute Gasteiger partial charge is 0.420 e. The maximum Gasteiger partial charge on any atom is 0.420 e. The molecule has 0 aliphatic rings. The molecule has 1 heterocycles. The van der Waals surface area contributed by atoms with Crippen LogP contribution in [0.3, 0.4) is 0 Å². The zero-order valence-electron chi connectivity index (χ0n) is 13.2. The molecule has 0 saturated carbocycles. The van der Waals surface area contributed by atoms with Crippen molar-refractivity contribution in [3.63, 3.8) is 0 Å². The van der Waals surface area contributed by atoms with Gasteiger partial charge < -0.3 is 9.47 Å². The summed E-state index contributed by atoms with van der Waals surface area (Å²) < 4.78 is 51.4. The Morgan fingerprint density at radius 1 is 0.923 bits per heavy atom. The van der Waals surface area contributed by atoms with Crippen LogP contribution in [-0.4, -0.2) is 9.97 Å². The van der Waals surface area contributed by atoms with E-state index in [9.17, 15) is 13.2 Å². The fourth-order valence-electron chi connectivity index (χ4n) is 2.13. The molecule has 0 atom stereocenters. The number of nitrogens with zero attached hydrogens (tertiary/aromatic N) is 2. The topological polar surface area (TPSA) is 44.2 Å². The van der Waals surface area contributed by atoms with Gasteiger partial charge in [0, 0.05) is 12.4 Å². The average Bonchev–Trinajstić information content (AvgIpc) is 2.62. The molecule has 1 aromatic heterocycles. The largest absolute Gasteiger partial charge is 0.488 e. The van der Waals surface area contributed by atoms with Crippen LogP contribution in [0.5, 0.6) is 17.5 Å². The molecule has 0 N–H and O–H groups in total. The molecule has 2 aromatic carbocycles. The Kier molecular flexibility index (Phi) is 5.41. The van der Waals surface area contributed by atoms with Crippen LogP contribution >= 0.6 is 15.9 Å². The predicted molar refractivity (Wildman–Crippen MR) is 92.0 cm³/mol. The fraction of sp³-hybridized carbons (Fsp3) is 0.111. The van der Waals surface area contributed by atoms with E-state index in [1.807, 2.05) is 6.07 Å². The lowest BCUT2D eigenvalue weighted by atomic mass is 10.1. The molecular weight excluding hydrogens is 413 g/mol. The second-order valence-electron chi connectivity index (χ2n) is 5.18. The van der Waals surface area contributed by atoms with Crippen molar-refractivity contribution in [1.29, 1.82) is 0 Å². The van der Waals surface area contributed by atoms with E-state index < -0.39 is 11.7 Å². The lowest BCUT2D eigenvalue weighted by Crippen LogP contribution is -2.09. The minimum atomic E-state index is -4.61. The lowest BCUT2D eigenvalue weighted by Gasteiger charge is -2.16. The van der Waals surface area contributed by atoms with E-state index >= 15 is 0 Å². The molecule has 3 aromatic rings. The highest BCUT2D eigenvalue weighted by Crippen LogP contribution is 2.42. The Balaban J connectivity index is 1.90. The van der Waals surface area contributed by atoms with Crippen molar-refractivity contribution >= 4 is 15.9 Å². The first kappa shape index (κ1) is 18.2. The molecule has 26 heavy (non-hydrogen) atoms. The molecule has 8 heteroatoms. The van der Waals surface area contributed by atoms with Gasteiger partial charge in [0.15, 0.2) is 0 Å². The van der Waals surface area contributed by atoms with Crippen molar-refractivity contribution in [2.45, 2.75) is 12.8 Å². The van der Waals surface area contributed by atoms with Crippen LogP contribution in [0.4, 0.5) is 13.2 Å². The SMILES string of the molecule is FC(F)(F)c1cc(Oc2ncccn2)c(Br)cc1OCc1ccccc1. The van der Waals surface area contributed by atoms with Crippen molar-refractivity contribution in [1.82, 2.24) is 9.97 Å². The van der Waals surface area contributed by atoms with Crippen LogP contribution in [-0.2, 0) is 12.8 Å². The number of halogens is 4. The Morgan fingerprint density at radius 2 is 1.62 bits per heavy atom. The van der Waals surface area contributed by atoms with Crippen molar-refractivity contribution in [2.75, 3.05) is 0 Å². The molecule has 4 nitrogen and oxygen atoms in total. The first-order valence-corrected chi connectivity index (χ1v) is 8.25. The maximum absolute atomic E-state index is 13.4. The standard InChI is InChI=1S/C18H12BrF3N2O2/c19-14-10-15(25-11-12-5-2-1-3-6-12)13(18(20,21)22)9-16(14)26-17-23-7-4-8-24-17/h1-10H,11H2. The summed E-state index contributed by atoms with van der Waals surface area (Å²) in [6.45, 7) is 0.0123. The number of alkyl halides is 3. The van der Waals surface area contributed by atoms with Gasteiger partial charge in [-0.3, -0.25) is 0 Å². The van der Waals surface area contributed by atoms with E-state index in [1.165, 1.54) is 18.5 Å². The molecule has 3 rings (SSSR count). The Morgan fingerprint density at radius 3 is 2.27 bits per heavy atom. The van der Waals surface area contributed by atoms with Crippen molar-refractivity contribution < 1.29 is 22.6 Å². The van der Waals surface area contributed by atoms with Gasteiger partial charge in [0.1, 0.15) is 23.7 Å². The summed E-state index contributed by atoms with van der Waals surface area (Å²) in [5.41, 5.74) is -0.183. The van der Waals surface area contributed by atoms with Gasteiger partial charge >= 0.3 is 12.2 Å². The third-order valence-corrected chi connectivity index (χ3v) is 3.94. The van der Waals surface area contributed by atoms with Crippen LogP contribution in [0.15, 0.2) is 65.4 Å². The molecule has 0 aliphatic carbocycles. The zero-order chi connectivity index (χ0) is 18.6. The number of hydrogen-bond acceptors (Lipinski definition) is 4. The molecule has 0 bridgehead atoms. The second kappa shape index (κ2) is 7.74. The molecule has 0 aliphatic heterocycles. The zero-order valence-corrected chi connectivity index (χ0v) is 14.8. The van der Waals surface area contributed by atoms with Gasteiger partial charge in [-0.05, 0) is 39.7 Å². The third kappa shape index (κ3) is 4.51. The van der Waals surface area contributed by atoms with Crippen molar-refractivity contribution in [2.24, 2.45) is 0 Å². The number of aromatic nitrogens is 2. The maximum atomic E-state index is 13.4. The summed E-state index contributed by atoms with van der Waals surface area (Å²) >= 11 is 3.20. The van der Waals surface area contributed by atoms with Crippen LogP contribution in [0.1, 0.15) is 11.1 Å². The lowest BCUT2D eigenvalue weighted by molar-refractivity contribution is -0.139. The minimum Gasteiger partial charge on any atom is -0.488 e. The summed E-state index contributed by atoms with van der Waals surface area (Å²) in [4.78, 5) is 7.68. The molecule has 134 valence electrons.